The Morgan fingerprint density at radius 3 is 2.30 bits per heavy atom. The van der Waals surface area contributed by atoms with Crippen LogP contribution in [0.1, 0.15) is 44.0 Å². The van der Waals surface area contributed by atoms with Crippen molar-refractivity contribution in [1.29, 1.82) is 0 Å². The van der Waals surface area contributed by atoms with Gasteiger partial charge in [0.2, 0.25) is 0 Å². The summed E-state index contributed by atoms with van der Waals surface area (Å²) in [7, 11) is 0. The highest BCUT2D eigenvalue weighted by Gasteiger charge is 2.21. The summed E-state index contributed by atoms with van der Waals surface area (Å²) in [5, 5.41) is 0.926. The summed E-state index contributed by atoms with van der Waals surface area (Å²) < 4.78 is 0. The molecule has 0 aliphatic heterocycles. The molecular weight excluding hydrogens is 293 g/mol. The molecule has 4 heteroatoms. The number of carbonyl (C=O) groups is 1. The lowest BCUT2D eigenvalue weighted by Gasteiger charge is -2.24. The number of halogens is 2. The van der Waals surface area contributed by atoms with E-state index in [1.54, 1.807) is 18.2 Å². The van der Waals surface area contributed by atoms with Crippen LogP contribution in [0.3, 0.4) is 0 Å². The van der Waals surface area contributed by atoms with Crippen LogP contribution in [0.15, 0.2) is 18.2 Å². The number of hydrogen-bond acceptors (Lipinski definition) is 2. The molecule has 0 radical (unpaired) electrons. The Labute approximate surface area is 132 Å². The van der Waals surface area contributed by atoms with Gasteiger partial charge < -0.3 is 4.90 Å². The van der Waals surface area contributed by atoms with Gasteiger partial charge in [-0.25, -0.2) is 0 Å². The molecule has 1 aromatic carbocycles. The third-order valence-corrected chi connectivity index (χ3v) is 4.32. The quantitative estimate of drug-likeness (QED) is 0.634. The lowest BCUT2D eigenvalue weighted by atomic mass is 9.93. The second kappa shape index (κ2) is 8.66. The van der Waals surface area contributed by atoms with Crippen LogP contribution in [0.2, 0.25) is 10.0 Å². The normalized spacial score (nSPS) is 12.7. The van der Waals surface area contributed by atoms with Crippen molar-refractivity contribution in [2.24, 2.45) is 5.92 Å². The van der Waals surface area contributed by atoms with E-state index in [1.807, 2.05) is 0 Å². The number of nitrogens with zero attached hydrogens (tertiary/aromatic N) is 1. The van der Waals surface area contributed by atoms with Crippen LogP contribution in [0.25, 0.3) is 0 Å². The van der Waals surface area contributed by atoms with Crippen molar-refractivity contribution in [2.75, 3.05) is 19.6 Å². The SMILES string of the molecule is CCC[C@@H](CN(CC)CC)C(=O)c1ccc(Cl)c(Cl)c1. The maximum Gasteiger partial charge on any atom is 0.167 e. The molecule has 0 N–H and O–H groups in total. The summed E-state index contributed by atoms with van der Waals surface area (Å²) in [5.41, 5.74) is 0.657. The van der Waals surface area contributed by atoms with Crippen molar-refractivity contribution in [1.82, 2.24) is 4.90 Å². The molecule has 1 rings (SSSR count). The topological polar surface area (TPSA) is 20.3 Å². The molecular formula is C16H23Cl2NO. The van der Waals surface area contributed by atoms with E-state index in [2.05, 4.69) is 25.7 Å². The van der Waals surface area contributed by atoms with Gasteiger partial charge in [-0.15, -0.1) is 0 Å². The molecule has 0 aromatic heterocycles. The zero-order valence-electron chi connectivity index (χ0n) is 12.5. The molecule has 0 saturated heterocycles. The van der Waals surface area contributed by atoms with E-state index >= 15 is 0 Å². The van der Waals surface area contributed by atoms with Crippen molar-refractivity contribution in [3.8, 4) is 0 Å². The van der Waals surface area contributed by atoms with Gasteiger partial charge in [-0.2, -0.15) is 0 Å². The van der Waals surface area contributed by atoms with E-state index in [9.17, 15) is 4.79 Å². The zero-order chi connectivity index (χ0) is 15.1. The molecule has 112 valence electrons. The van der Waals surface area contributed by atoms with Crippen LogP contribution in [0.4, 0.5) is 0 Å². The lowest BCUT2D eigenvalue weighted by molar-refractivity contribution is 0.0875. The third-order valence-electron chi connectivity index (χ3n) is 3.59. The number of Topliss-reactive ketones (excluding diaryl/α,β-unsaturated/α-hetero) is 1. The first-order valence-corrected chi connectivity index (χ1v) is 8.00. The first kappa shape index (κ1) is 17.5. The maximum absolute atomic E-state index is 12.6. The van der Waals surface area contributed by atoms with E-state index in [1.165, 1.54) is 0 Å². The second-order valence-corrected chi connectivity index (χ2v) is 5.78. The molecule has 0 aliphatic rings. The van der Waals surface area contributed by atoms with Crippen LogP contribution in [0.5, 0.6) is 0 Å². The Kier molecular flexibility index (Phi) is 7.57. The summed E-state index contributed by atoms with van der Waals surface area (Å²) in [6.45, 7) is 9.08. The fraction of sp³-hybridized carbons (Fsp3) is 0.562. The maximum atomic E-state index is 12.6. The minimum atomic E-state index is 0.0251. The number of rotatable bonds is 8. The summed E-state index contributed by atoms with van der Waals surface area (Å²) in [6.07, 6.45) is 1.90. The monoisotopic (exact) mass is 315 g/mol. The highest BCUT2D eigenvalue weighted by molar-refractivity contribution is 6.42. The molecule has 1 aromatic rings. The van der Waals surface area contributed by atoms with Crippen molar-refractivity contribution < 1.29 is 4.79 Å². The molecule has 1 atom stereocenters. The van der Waals surface area contributed by atoms with Crippen molar-refractivity contribution in [2.45, 2.75) is 33.6 Å². The van der Waals surface area contributed by atoms with E-state index < -0.39 is 0 Å². The Morgan fingerprint density at radius 1 is 1.15 bits per heavy atom. The minimum absolute atomic E-state index is 0.0251. The van der Waals surface area contributed by atoms with E-state index in [0.717, 1.165) is 32.5 Å². The van der Waals surface area contributed by atoms with Gasteiger partial charge in [0.1, 0.15) is 0 Å². The summed E-state index contributed by atoms with van der Waals surface area (Å²) in [6, 6.07) is 5.14. The highest BCUT2D eigenvalue weighted by atomic mass is 35.5. The molecule has 0 spiro atoms. The molecule has 20 heavy (non-hydrogen) atoms. The lowest BCUT2D eigenvalue weighted by Crippen LogP contribution is -2.33. The Bertz CT molecular complexity index is 444. The highest BCUT2D eigenvalue weighted by Crippen LogP contribution is 2.25. The molecule has 0 amide bonds. The standard InChI is InChI=1S/C16H23Cl2NO/c1-4-7-13(11-19(5-2)6-3)16(20)12-8-9-14(17)15(18)10-12/h8-10,13H,4-7,11H2,1-3H3/t13-/m0/s1. The van der Waals surface area contributed by atoms with E-state index in [4.69, 9.17) is 23.2 Å². The number of carbonyl (C=O) groups excluding carboxylic acids is 1. The Morgan fingerprint density at radius 2 is 1.80 bits per heavy atom. The van der Waals surface area contributed by atoms with Gasteiger partial charge in [-0.3, -0.25) is 4.79 Å². The van der Waals surface area contributed by atoms with Crippen LogP contribution >= 0.6 is 23.2 Å². The number of hydrogen-bond donors (Lipinski definition) is 0. The average Bonchev–Trinajstić information content (AvgIpc) is 2.45. The zero-order valence-corrected chi connectivity index (χ0v) is 14.0. The average molecular weight is 316 g/mol. The molecule has 0 heterocycles. The smallest absolute Gasteiger partial charge is 0.167 e. The molecule has 0 unspecified atom stereocenters. The first-order valence-electron chi connectivity index (χ1n) is 7.25. The fourth-order valence-electron chi connectivity index (χ4n) is 2.33. The summed E-state index contributed by atoms with van der Waals surface area (Å²) in [4.78, 5) is 14.9. The molecule has 2 nitrogen and oxygen atoms in total. The largest absolute Gasteiger partial charge is 0.303 e. The van der Waals surface area contributed by atoms with Crippen molar-refractivity contribution >= 4 is 29.0 Å². The van der Waals surface area contributed by atoms with Crippen LogP contribution in [-0.4, -0.2) is 30.3 Å². The number of benzene rings is 1. The summed E-state index contributed by atoms with van der Waals surface area (Å²) >= 11 is 11.9. The van der Waals surface area contributed by atoms with Crippen LogP contribution in [-0.2, 0) is 0 Å². The number of ketones is 1. The molecule has 0 saturated carbocycles. The molecule has 0 aliphatic carbocycles. The third kappa shape index (κ3) is 4.76. The molecule has 0 bridgehead atoms. The second-order valence-electron chi connectivity index (χ2n) is 4.96. The van der Waals surface area contributed by atoms with Gasteiger partial charge in [0, 0.05) is 18.0 Å². The van der Waals surface area contributed by atoms with E-state index in [-0.39, 0.29) is 11.7 Å². The van der Waals surface area contributed by atoms with Gasteiger partial charge in [-0.05, 0) is 37.7 Å². The van der Waals surface area contributed by atoms with Gasteiger partial charge in [-0.1, -0.05) is 50.4 Å². The Balaban J connectivity index is 2.89. The van der Waals surface area contributed by atoms with Crippen LogP contribution in [0, 0.1) is 5.92 Å². The van der Waals surface area contributed by atoms with Gasteiger partial charge in [0.05, 0.1) is 10.0 Å². The molecule has 0 fully saturated rings. The predicted molar refractivity (Wildman–Crippen MR) is 87.0 cm³/mol. The predicted octanol–water partition coefficient (Wildman–Crippen LogP) is 4.93. The van der Waals surface area contributed by atoms with E-state index in [0.29, 0.717) is 15.6 Å². The van der Waals surface area contributed by atoms with Crippen molar-refractivity contribution in [3.63, 3.8) is 0 Å². The minimum Gasteiger partial charge on any atom is -0.303 e. The summed E-state index contributed by atoms with van der Waals surface area (Å²) in [5.74, 6) is 0.189. The van der Waals surface area contributed by atoms with Gasteiger partial charge in [0.15, 0.2) is 5.78 Å². The first-order chi connectivity index (χ1) is 9.53. The Hall–Kier alpha value is -0.570. The van der Waals surface area contributed by atoms with Crippen molar-refractivity contribution in [3.05, 3.63) is 33.8 Å². The fourth-order valence-corrected chi connectivity index (χ4v) is 2.63. The van der Waals surface area contributed by atoms with Crippen LogP contribution < -0.4 is 0 Å². The van der Waals surface area contributed by atoms with Gasteiger partial charge >= 0.3 is 0 Å². The van der Waals surface area contributed by atoms with Gasteiger partial charge in [0.25, 0.3) is 0 Å².